The zero-order chi connectivity index (χ0) is 15.0. The van der Waals surface area contributed by atoms with Crippen LogP contribution in [0.3, 0.4) is 0 Å². The van der Waals surface area contributed by atoms with Crippen molar-refractivity contribution in [3.8, 4) is 5.75 Å². The Labute approximate surface area is 133 Å². The number of anilines is 1. The monoisotopic (exact) mass is 347 g/mol. The lowest BCUT2D eigenvalue weighted by molar-refractivity contribution is 0.227. The van der Waals surface area contributed by atoms with Crippen molar-refractivity contribution in [1.82, 2.24) is 9.97 Å². The Balaban J connectivity index is 1.99. The molecule has 0 radical (unpaired) electrons. The molecule has 4 nitrogen and oxygen atoms in total. The summed E-state index contributed by atoms with van der Waals surface area (Å²) in [7, 11) is 1.87. The van der Waals surface area contributed by atoms with Gasteiger partial charge in [0.25, 0.3) is 0 Å². The maximum Gasteiger partial charge on any atom is 0.172 e. The highest BCUT2D eigenvalue weighted by Crippen LogP contribution is 2.37. The minimum atomic E-state index is -0.111. The molecule has 21 heavy (non-hydrogen) atoms. The Kier molecular flexibility index (Phi) is 3.85. The maximum absolute atomic E-state index is 6.00. The maximum atomic E-state index is 6.00. The van der Waals surface area contributed by atoms with E-state index in [1.807, 2.05) is 25.2 Å². The van der Waals surface area contributed by atoms with Gasteiger partial charge >= 0.3 is 0 Å². The smallest absolute Gasteiger partial charge is 0.172 e. The summed E-state index contributed by atoms with van der Waals surface area (Å²) in [5.41, 5.74) is 2.22. The fourth-order valence-corrected chi connectivity index (χ4v) is 3.33. The minimum absolute atomic E-state index is 0.111. The van der Waals surface area contributed by atoms with Crippen molar-refractivity contribution in [2.45, 2.75) is 32.3 Å². The fraction of sp³-hybridized carbons (Fsp3) is 0.375. The second kappa shape index (κ2) is 5.64. The number of hydrogen-bond acceptors (Lipinski definition) is 4. The molecule has 1 aliphatic rings. The average Bonchev–Trinajstić information content (AvgIpc) is 2.91. The first-order valence-electron chi connectivity index (χ1n) is 7.09. The van der Waals surface area contributed by atoms with Crippen LogP contribution in [0.4, 0.5) is 5.82 Å². The molecule has 0 amide bonds. The van der Waals surface area contributed by atoms with E-state index in [0.29, 0.717) is 5.92 Å². The molecule has 1 aromatic heterocycles. The molecule has 1 aromatic carbocycles. The van der Waals surface area contributed by atoms with Gasteiger partial charge in [-0.2, -0.15) is 0 Å². The van der Waals surface area contributed by atoms with Crippen molar-refractivity contribution >= 4 is 21.7 Å². The number of fused-ring (bicyclic) bond motifs is 1. The van der Waals surface area contributed by atoms with Gasteiger partial charge in [-0.25, -0.2) is 9.97 Å². The van der Waals surface area contributed by atoms with E-state index in [-0.39, 0.29) is 6.10 Å². The van der Waals surface area contributed by atoms with Crippen molar-refractivity contribution in [1.29, 1.82) is 0 Å². The van der Waals surface area contributed by atoms with Gasteiger partial charge in [0.1, 0.15) is 11.6 Å². The molecule has 3 rings (SSSR count). The molecule has 0 saturated heterocycles. The third kappa shape index (κ3) is 2.62. The Morgan fingerprint density at radius 2 is 2.05 bits per heavy atom. The van der Waals surface area contributed by atoms with E-state index in [1.54, 1.807) is 0 Å². The predicted octanol–water partition coefficient (Wildman–Crippen LogP) is 4.08. The summed E-state index contributed by atoms with van der Waals surface area (Å²) < 4.78 is 6.93. The third-order valence-electron chi connectivity index (χ3n) is 3.61. The summed E-state index contributed by atoms with van der Waals surface area (Å²) in [4.78, 5) is 9.33. The second-order valence-corrected chi connectivity index (χ2v) is 6.25. The van der Waals surface area contributed by atoms with Gasteiger partial charge < -0.3 is 10.1 Å². The zero-order valence-electron chi connectivity index (χ0n) is 12.4. The minimum Gasteiger partial charge on any atom is -0.482 e. The molecule has 0 saturated carbocycles. The van der Waals surface area contributed by atoms with Crippen molar-refractivity contribution < 1.29 is 4.74 Å². The van der Waals surface area contributed by atoms with Crippen molar-refractivity contribution in [2.24, 2.45) is 0 Å². The van der Waals surface area contributed by atoms with Crippen molar-refractivity contribution in [3.05, 3.63) is 45.8 Å². The largest absolute Gasteiger partial charge is 0.482 e. The lowest BCUT2D eigenvalue weighted by atomic mass is 10.1. The van der Waals surface area contributed by atoms with Gasteiger partial charge in [-0.05, 0) is 33.5 Å². The van der Waals surface area contributed by atoms with E-state index in [9.17, 15) is 0 Å². The number of nitrogens with one attached hydrogen (secondary N) is 1. The summed E-state index contributed by atoms with van der Waals surface area (Å²) in [6, 6.07) is 8.11. The number of aromatic nitrogens is 2. The molecule has 0 fully saturated rings. The molecule has 1 N–H and O–H groups in total. The molecule has 0 spiro atoms. The highest BCUT2D eigenvalue weighted by atomic mass is 79.9. The summed E-state index contributed by atoms with van der Waals surface area (Å²) in [5.74, 6) is 2.80. The normalized spacial score (nSPS) is 16.7. The van der Waals surface area contributed by atoms with Crippen molar-refractivity contribution in [3.63, 3.8) is 0 Å². The topological polar surface area (TPSA) is 47.0 Å². The van der Waals surface area contributed by atoms with E-state index in [0.717, 1.165) is 34.0 Å². The van der Waals surface area contributed by atoms with Crippen LogP contribution in [-0.2, 0) is 6.42 Å². The van der Waals surface area contributed by atoms with E-state index in [1.165, 1.54) is 5.56 Å². The molecule has 0 bridgehead atoms. The lowest BCUT2D eigenvalue weighted by Crippen LogP contribution is -2.13. The molecular formula is C16H18BrN3O. The van der Waals surface area contributed by atoms with Gasteiger partial charge in [-0.3, -0.25) is 0 Å². The van der Waals surface area contributed by atoms with Gasteiger partial charge in [0.2, 0.25) is 0 Å². The van der Waals surface area contributed by atoms with Gasteiger partial charge in [0, 0.05) is 13.5 Å². The average molecular weight is 348 g/mol. The SMILES string of the molecule is CNc1nc(C2Cc3ccccc3O2)nc(C(C)C)c1Br. The van der Waals surface area contributed by atoms with Gasteiger partial charge in [-0.15, -0.1) is 0 Å². The predicted molar refractivity (Wildman–Crippen MR) is 86.9 cm³/mol. The van der Waals surface area contributed by atoms with Crippen LogP contribution < -0.4 is 10.1 Å². The number of nitrogens with zero attached hydrogens (tertiary/aromatic N) is 2. The van der Waals surface area contributed by atoms with Gasteiger partial charge in [0.05, 0.1) is 10.2 Å². The number of rotatable bonds is 3. The summed E-state index contributed by atoms with van der Waals surface area (Å²) in [5, 5.41) is 3.12. The van der Waals surface area contributed by atoms with E-state index in [4.69, 9.17) is 9.72 Å². The Morgan fingerprint density at radius 3 is 2.71 bits per heavy atom. The highest BCUT2D eigenvalue weighted by Gasteiger charge is 2.28. The fourth-order valence-electron chi connectivity index (χ4n) is 2.50. The van der Waals surface area contributed by atoms with Gasteiger partial charge in [0.15, 0.2) is 11.9 Å². The van der Waals surface area contributed by atoms with Crippen molar-refractivity contribution in [2.75, 3.05) is 12.4 Å². The van der Waals surface area contributed by atoms with Crippen LogP contribution in [0.2, 0.25) is 0 Å². The van der Waals surface area contributed by atoms with Crippen LogP contribution >= 0.6 is 15.9 Å². The van der Waals surface area contributed by atoms with Crippen LogP contribution in [0.1, 0.15) is 43.0 Å². The summed E-state index contributed by atoms with van der Waals surface area (Å²) in [6.07, 6.45) is 0.707. The lowest BCUT2D eigenvalue weighted by Gasteiger charge is -2.16. The number of para-hydroxylation sites is 1. The third-order valence-corrected chi connectivity index (χ3v) is 4.39. The molecule has 1 unspecified atom stereocenters. The second-order valence-electron chi connectivity index (χ2n) is 5.45. The molecule has 0 aliphatic carbocycles. The highest BCUT2D eigenvalue weighted by molar-refractivity contribution is 9.10. The van der Waals surface area contributed by atoms with E-state index < -0.39 is 0 Å². The summed E-state index contributed by atoms with van der Waals surface area (Å²) in [6.45, 7) is 4.25. The van der Waals surface area contributed by atoms with Crippen LogP contribution in [0, 0.1) is 0 Å². The molecule has 2 aromatic rings. The van der Waals surface area contributed by atoms with Crippen LogP contribution in [0.25, 0.3) is 0 Å². The van der Waals surface area contributed by atoms with Crippen LogP contribution in [0.5, 0.6) is 5.75 Å². The van der Waals surface area contributed by atoms with E-state index >= 15 is 0 Å². The van der Waals surface area contributed by atoms with Crippen LogP contribution in [-0.4, -0.2) is 17.0 Å². The number of benzene rings is 1. The zero-order valence-corrected chi connectivity index (χ0v) is 13.9. The molecule has 1 aliphatic heterocycles. The quantitative estimate of drug-likeness (QED) is 0.908. The molecule has 1 atom stereocenters. The molecule has 5 heteroatoms. The Hall–Kier alpha value is -1.62. The first-order valence-corrected chi connectivity index (χ1v) is 7.89. The first-order chi connectivity index (χ1) is 10.1. The Morgan fingerprint density at radius 1 is 1.29 bits per heavy atom. The van der Waals surface area contributed by atoms with E-state index in [2.05, 4.69) is 46.1 Å². The van der Waals surface area contributed by atoms with Gasteiger partial charge in [-0.1, -0.05) is 32.0 Å². The molecular weight excluding hydrogens is 330 g/mol. The standard InChI is InChI=1S/C16H18BrN3O/c1-9(2)14-13(17)16(18-3)20-15(19-14)12-8-10-6-4-5-7-11(10)21-12/h4-7,9,12H,8H2,1-3H3,(H,18,19,20). The Bertz CT molecular complexity index is 648. The number of hydrogen-bond donors (Lipinski definition) is 1. The molecule has 2 heterocycles. The number of halogens is 1. The first kappa shape index (κ1) is 14.3. The summed E-state index contributed by atoms with van der Waals surface area (Å²) >= 11 is 3.58. The van der Waals surface area contributed by atoms with Crippen LogP contribution in [0.15, 0.2) is 28.7 Å². The molecule has 110 valence electrons. The number of ether oxygens (including phenoxy) is 1.